The average molecular weight is 312 g/mol. The summed E-state index contributed by atoms with van der Waals surface area (Å²) in [5.41, 5.74) is -1.97. The van der Waals surface area contributed by atoms with Crippen molar-refractivity contribution in [2.75, 3.05) is 11.5 Å². The molecule has 1 aromatic rings. The minimum atomic E-state index is -4.38. The topological polar surface area (TPSA) is 73.1 Å². The van der Waals surface area contributed by atoms with Crippen LogP contribution in [0.4, 0.5) is 13.2 Å². The van der Waals surface area contributed by atoms with Gasteiger partial charge in [-0.15, -0.1) is 0 Å². The molecule has 0 radical (unpaired) electrons. The summed E-state index contributed by atoms with van der Waals surface area (Å²) in [6.07, 6.45) is -4.43. The summed E-state index contributed by atoms with van der Waals surface area (Å²) in [7, 11) is -3.09. The highest BCUT2D eigenvalue weighted by Crippen LogP contribution is 2.40. The first-order valence-corrected chi connectivity index (χ1v) is 7.92. The van der Waals surface area contributed by atoms with E-state index in [1.54, 1.807) is 0 Å². The molecule has 114 valence electrons. The third-order valence-electron chi connectivity index (χ3n) is 3.44. The van der Waals surface area contributed by atoms with Crippen molar-refractivity contribution in [2.45, 2.75) is 38.8 Å². The van der Waals surface area contributed by atoms with Crippen molar-refractivity contribution >= 4 is 9.84 Å². The smallest absolute Gasteiger partial charge is 0.339 e. The molecule has 20 heavy (non-hydrogen) atoms. The lowest BCUT2D eigenvalue weighted by Gasteiger charge is -2.25. The molecule has 1 unspecified atom stereocenters. The fourth-order valence-electron chi connectivity index (χ4n) is 1.98. The zero-order valence-corrected chi connectivity index (χ0v) is 11.9. The highest BCUT2D eigenvalue weighted by Gasteiger charge is 2.48. The Balaban J connectivity index is 2.11. The molecule has 1 saturated heterocycles. The van der Waals surface area contributed by atoms with Crippen molar-refractivity contribution in [3.05, 3.63) is 11.7 Å². The highest BCUT2D eigenvalue weighted by atomic mass is 32.2. The maximum Gasteiger partial charge on any atom is 0.394 e. The lowest BCUT2D eigenvalue weighted by Crippen LogP contribution is -2.34. The molecular weight excluding hydrogens is 297 g/mol. The number of halogens is 3. The summed E-state index contributed by atoms with van der Waals surface area (Å²) in [5, 5.41) is 3.61. The van der Waals surface area contributed by atoms with E-state index in [0.29, 0.717) is 6.42 Å². The zero-order chi connectivity index (χ0) is 15.2. The van der Waals surface area contributed by atoms with Gasteiger partial charge in [0.2, 0.25) is 5.89 Å². The Bertz CT molecular complexity index is 592. The molecule has 0 bridgehead atoms. The highest BCUT2D eigenvalue weighted by molar-refractivity contribution is 7.91. The summed E-state index contributed by atoms with van der Waals surface area (Å²) in [4.78, 5) is 3.91. The Hall–Kier alpha value is -1.12. The van der Waals surface area contributed by atoms with Crippen molar-refractivity contribution in [2.24, 2.45) is 5.41 Å². The SMILES string of the molecule is CC(C)(Cc1nc(C2CCS(=O)(=O)C2)no1)C(F)(F)F. The number of hydrogen-bond acceptors (Lipinski definition) is 5. The molecule has 0 aliphatic carbocycles. The minimum Gasteiger partial charge on any atom is -0.339 e. The summed E-state index contributed by atoms with van der Waals surface area (Å²) in [6.45, 7) is 2.10. The van der Waals surface area contributed by atoms with E-state index in [1.165, 1.54) is 0 Å². The lowest BCUT2D eigenvalue weighted by molar-refractivity contribution is -0.212. The summed E-state index contributed by atoms with van der Waals surface area (Å²) in [6, 6.07) is 0. The molecule has 5 nitrogen and oxygen atoms in total. The number of rotatable bonds is 3. The largest absolute Gasteiger partial charge is 0.394 e. The normalized spacial score (nSPS) is 23.1. The third-order valence-corrected chi connectivity index (χ3v) is 5.21. The van der Waals surface area contributed by atoms with Gasteiger partial charge in [0.25, 0.3) is 0 Å². The summed E-state index contributed by atoms with van der Waals surface area (Å²) < 4.78 is 65.8. The standard InChI is InChI=1S/C11H15F3N2O3S/c1-10(2,11(12,13)14)5-8-15-9(16-19-8)7-3-4-20(17,18)6-7/h7H,3-6H2,1-2H3. The Morgan fingerprint density at radius 1 is 1.35 bits per heavy atom. The van der Waals surface area contributed by atoms with Crippen molar-refractivity contribution < 1.29 is 26.1 Å². The second kappa shape index (κ2) is 4.71. The van der Waals surface area contributed by atoms with Crippen molar-refractivity contribution in [1.82, 2.24) is 10.1 Å². The van der Waals surface area contributed by atoms with E-state index >= 15 is 0 Å². The van der Waals surface area contributed by atoms with E-state index in [0.717, 1.165) is 13.8 Å². The second-order valence-electron chi connectivity index (χ2n) is 5.70. The molecule has 2 rings (SSSR count). The Morgan fingerprint density at radius 2 is 2.00 bits per heavy atom. The van der Waals surface area contributed by atoms with Gasteiger partial charge in [0.05, 0.1) is 16.9 Å². The van der Waals surface area contributed by atoms with Crippen LogP contribution in [0.1, 0.15) is 37.9 Å². The van der Waals surface area contributed by atoms with Crippen LogP contribution in [0.5, 0.6) is 0 Å². The van der Waals surface area contributed by atoms with Crippen LogP contribution < -0.4 is 0 Å². The number of sulfone groups is 1. The van der Waals surface area contributed by atoms with Crippen molar-refractivity contribution in [1.29, 1.82) is 0 Å². The second-order valence-corrected chi connectivity index (χ2v) is 7.93. The van der Waals surface area contributed by atoms with Gasteiger partial charge in [-0.3, -0.25) is 0 Å². The van der Waals surface area contributed by atoms with Crippen LogP contribution in [0, 0.1) is 5.41 Å². The molecule has 0 spiro atoms. The predicted molar refractivity (Wildman–Crippen MR) is 63.8 cm³/mol. The van der Waals surface area contributed by atoms with E-state index in [4.69, 9.17) is 4.52 Å². The molecule has 9 heteroatoms. The molecule has 0 N–H and O–H groups in total. The van der Waals surface area contributed by atoms with Crippen LogP contribution in [0.3, 0.4) is 0 Å². The van der Waals surface area contributed by atoms with Crippen LogP contribution in [-0.2, 0) is 16.3 Å². The first kappa shape index (κ1) is 15.3. The maximum absolute atomic E-state index is 12.8. The van der Waals surface area contributed by atoms with E-state index in [1.807, 2.05) is 0 Å². The predicted octanol–water partition coefficient (Wildman–Crippen LogP) is 2.10. The van der Waals surface area contributed by atoms with E-state index < -0.39 is 27.8 Å². The Morgan fingerprint density at radius 3 is 2.50 bits per heavy atom. The van der Waals surface area contributed by atoms with Gasteiger partial charge in [0.1, 0.15) is 0 Å². The van der Waals surface area contributed by atoms with E-state index in [-0.39, 0.29) is 29.1 Å². The molecule has 1 fully saturated rings. The van der Waals surface area contributed by atoms with Crippen LogP contribution in [0.25, 0.3) is 0 Å². The summed E-state index contributed by atoms with van der Waals surface area (Å²) in [5.74, 6) is -0.346. The molecule has 1 aromatic heterocycles. The van der Waals surface area contributed by atoms with Gasteiger partial charge in [-0.25, -0.2) is 8.42 Å². The first-order valence-electron chi connectivity index (χ1n) is 6.10. The minimum absolute atomic E-state index is 0.0512. The third kappa shape index (κ3) is 3.13. The number of nitrogens with zero attached hydrogens (tertiary/aromatic N) is 2. The van der Waals surface area contributed by atoms with Gasteiger partial charge in [0.15, 0.2) is 15.7 Å². The molecular formula is C11H15F3N2O3S. The Kier molecular flexibility index (Phi) is 3.60. The van der Waals surface area contributed by atoms with Gasteiger partial charge in [-0.2, -0.15) is 18.2 Å². The van der Waals surface area contributed by atoms with Crippen molar-refractivity contribution in [3.63, 3.8) is 0 Å². The van der Waals surface area contributed by atoms with Gasteiger partial charge < -0.3 is 4.52 Å². The quantitative estimate of drug-likeness (QED) is 0.854. The molecule has 1 aliphatic rings. The van der Waals surface area contributed by atoms with E-state index in [2.05, 4.69) is 10.1 Å². The average Bonchev–Trinajstić information content (AvgIpc) is 2.82. The van der Waals surface area contributed by atoms with Gasteiger partial charge >= 0.3 is 6.18 Å². The van der Waals surface area contributed by atoms with Gasteiger partial charge in [0, 0.05) is 12.3 Å². The van der Waals surface area contributed by atoms with Crippen LogP contribution in [0.15, 0.2) is 4.52 Å². The number of aromatic nitrogens is 2. The van der Waals surface area contributed by atoms with Gasteiger partial charge in [-0.05, 0) is 6.42 Å². The fraction of sp³-hybridized carbons (Fsp3) is 0.818. The molecule has 1 aliphatic heterocycles. The Labute approximate surface area is 114 Å². The van der Waals surface area contributed by atoms with Crippen molar-refractivity contribution in [3.8, 4) is 0 Å². The van der Waals surface area contributed by atoms with Crippen LogP contribution >= 0.6 is 0 Å². The first-order chi connectivity index (χ1) is 9.00. The monoisotopic (exact) mass is 312 g/mol. The number of alkyl halides is 3. The van der Waals surface area contributed by atoms with Crippen LogP contribution in [-0.4, -0.2) is 36.2 Å². The molecule has 0 saturated carbocycles. The van der Waals surface area contributed by atoms with Crippen LogP contribution in [0.2, 0.25) is 0 Å². The molecule has 0 amide bonds. The lowest BCUT2D eigenvalue weighted by atomic mass is 9.88. The molecule has 1 atom stereocenters. The fourth-order valence-corrected chi connectivity index (χ4v) is 3.72. The molecule has 2 heterocycles. The van der Waals surface area contributed by atoms with Gasteiger partial charge in [-0.1, -0.05) is 19.0 Å². The maximum atomic E-state index is 12.8. The van der Waals surface area contributed by atoms with E-state index in [9.17, 15) is 21.6 Å². The molecule has 0 aromatic carbocycles. The number of hydrogen-bond donors (Lipinski definition) is 0. The summed E-state index contributed by atoms with van der Waals surface area (Å²) >= 11 is 0. The zero-order valence-electron chi connectivity index (χ0n) is 11.1.